The van der Waals surface area contributed by atoms with E-state index in [2.05, 4.69) is 0 Å². The molecule has 0 bridgehead atoms. The Balaban J connectivity index is 0. The van der Waals surface area contributed by atoms with Gasteiger partial charge in [-0.25, -0.2) is 9.59 Å². The first kappa shape index (κ1) is 9.48. The first-order valence-electron chi connectivity index (χ1n) is 1.11. The van der Waals surface area contributed by atoms with Crippen molar-refractivity contribution in [1.29, 1.82) is 0 Å². The van der Waals surface area contributed by atoms with Crippen molar-refractivity contribution >= 4 is 22.9 Å². The highest BCUT2D eigenvalue weighted by Crippen LogP contribution is 1.56. The van der Waals surface area contributed by atoms with E-state index in [1.54, 1.807) is 0 Å². The smallest absolute Gasteiger partial charge is 0.414 e. The molecule has 4 radical (unpaired) electrons. The maximum atomic E-state index is 9.10. The molecule has 0 rings (SSSR count). The van der Waals surface area contributed by atoms with E-state index in [4.69, 9.17) is 19.8 Å². The molecule has 0 aliphatic rings. The summed E-state index contributed by atoms with van der Waals surface area (Å²) in [6.45, 7) is 0. The molecule has 0 aliphatic heterocycles. The Labute approximate surface area is 43.8 Å². The summed E-state index contributed by atoms with van der Waals surface area (Å²) in [5.41, 5.74) is 0. The molecule has 0 saturated carbocycles. The second kappa shape index (κ2) is 3.35. The molecular formula is C2H2O4Si. The summed E-state index contributed by atoms with van der Waals surface area (Å²) in [5, 5.41) is 14.8. The van der Waals surface area contributed by atoms with E-state index in [1.165, 1.54) is 0 Å². The standard InChI is InChI=1S/C2H2O4.Si/c3-1(4)2(5)6;/h(H,3,4)(H,5,6);. The van der Waals surface area contributed by atoms with Crippen LogP contribution in [0, 0.1) is 0 Å². The van der Waals surface area contributed by atoms with Crippen LogP contribution in [0.5, 0.6) is 0 Å². The minimum Gasteiger partial charge on any atom is -0.473 e. The van der Waals surface area contributed by atoms with E-state index in [0.29, 0.717) is 0 Å². The number of aliphatic carboxylic acids is 2. The Morgan fingerprint density at radius 3 is 1.14 bits per heavy atom. The lowest BCUT2D eigenvalue weighted by atomic mass is 10.7. The van der Waals surface area contributed by atoms with E-state index in [0.717, 1.165) is 0 Å². The average molecular weight is 118 g/mol. The Kier molecular flexibility index (Phi) is 4.54. The first-order valence-corrected chi connectivity index (χ1v) is 1.11. The van der Waals surface area contributed by atoms with Crippen LogP contribution in [0.15, 0.2) is 0 Å². The van der Waals surface area contributed by atoms with E-state index in [-0.39, 0.29) is 11.0 Å². The fourth-order valence-corrected chi connectivity index (χ4v) is 0. The summed E-state index contributed by atoms with van der Waals surface area (Å²) >= 11 is 0. The van der Waals surface area contributed by atoms with Crippen molar-refractivity contribution in [3.63, 3.8) is 0 Å². The molecule has 2 N–H and O–H groups in total. The van der Waals surface area contributed by atoms with Gasteiger partial charge in [0.25, 0.3) is 0 Å². The molecule has 0 aliphatic carbocycles. The third kappa shape index (κ3) is 5.16. The first-order chi connectivity index (χ1) is 2.64. The normalized spacial score (nSPS) is 6.29. The summed E-state index contributed by atoms with van der Waals surface area (Å²) in [6.07, 6.45) is 0. The zero-order valence-corrected chi connectivity index (χ0v) is 4.21. The number of carboxylic acids is 2. The molecule has 0 fully saturated rings. The Morgan fingerprint density at radius 1 is 1.00 bits per heavy atom. The van der Waals surface area contributed by atoms with Gasteiger partial charge in [-0.3, -0.25) is 0 Å². The second-order valence-corrected chi connectivity index (χ2v) is 0.610. The van der Waals surface area contributed by atoms with Crippen LogP contribution in [-0.2, 0) is 9.59 Å². The van der Waals surface area contributed by atoms with E-state index in [1.807, 2.05) is 0 Å². The molecule has 0 aromatic rings. The fourth-order valence-electron chi connectivity index (χ4n) is 0. The van der Waals surface area contributed by atoms with Crippen LogP contribution in [-0.4, -0.2) is 33.1 Å². The average Bonchev–Trinajstić information content (AvgIpc) is 1.36. The van der Waals surface area contributed by atoms with Gasteiger partial charge in [-0.05, 0) is 0 Å². The van der Waals surface area contributed by atoms with Gasteiger partial charge in [-0.15, -0.1) is 0 Å². The van der Waals surface area contributed by atoms with Gasteiger partial charge < -0.3 is 10.2 Å². The number of rotatable bonds is 0. The van der Waals surface area contributed by atoms with Gasteiger partial charge in [0.15, 0.2) is 0 Å². The van der Waals surface area contributed by atoms with E-state index >= 15 is 0 Å². The molecular weight excluding hydrogens is 116 g/mol. The molecule has 38 valence electrons. The van der Waals surface area contributed by atoms with Crippen LogP contribution in [0.4, 0.5) is 0 Å². The number of carbonyl (C=O) groups is 2. The molecule has 0 saturated heterocycles. The topological polar surface area (TPSA) is 74.6 Å². The predicted molar refractivity (Wildman–Crippen MR) is 21.0 cm³/mol. The minimum atomic E-state index is -1.82. The van der Waals surface area contributed by atoms with Crippen LogP contribution in [0.25, 0.3) is 0 Å². The van der Waals surface area contributed by atoms with Gasteiger partial charge in [0.05, 0.1) is 0 Å². The highest BCUT2D eigenvalue weighted by atomic mass is 28.1. The summed E-state index contributed by atoms with van der Waals surface area (Å²) < 4.78 is 0. The lowest BCUT2D eigenvalue weighted by Gasteiger charge is -1.72. The van der Waals surface area contributed by atoms with Crippen LogP contribution < -0.4 is 0 Å². The van der Waals surface area contributed by atoms with E-state index in [9.17, 15) is 0 Å². The molecule has 0 heterocycles. The highest BCUT2D eigenvalue weighted by Gasteiger charge is 2.04. The minimum absolute atomic E-state index is 0. The summed E-state index contributed by atoms with van der Waals surface area (Å²) in [7, 11) is 0. The lowest BCUT2D eigenvalue weighted by molar-refractivity contribution is -0.159. The van der Waals surface area contributed by atoms with Crippen molar-refractivity contribution in [3.8, 4) is 0 Å². The van der Waals surface area contributed by atoms with Gasteiger partial charge in [-0.1, -0.05) is 0 Å². The Morgan fingerprint density at radius 2 is 1.14 bits per heavy atom. The molecule has 0 unspecified atom stereocenters. The highest BCUT2D eigenvalue weighted by molar-refractivity contribution is 6.27. The molecule has 0 aromatic carbocycles. The zero-order chi connectivity index (χ0) is 5.15. The zero-order valence-electron chi connectivity index (χ0n) is 3.21. The molecule has 0 atom stereocenters. The molecule has 0 aromatic heterocycles. The predicted octanol–water partition coefficient (Wildman–Crippen LogP) is -1.23. The molecule has 4 nitrogen and oxygen atoms in total. The van der Waals surface area contributed by atoms with Crippen LogP contribution in [0.3, 0.4) is 0 Å². The molecule has 5 heteroatoms. The number of carboxylic acid groups (broad SMARTS) is 2. The summed E-state index contributed by atoms with van der Waals surface area (Å²) in [6, 6.07) is 0. The SMILES string of the molecule is O=C(O)C(=O)O.[Si]. The quantitative estimate of drug-likeness (QED) is 0.308. The monoisotopic (exact) mass is 118 g/mol. The maximum absolute atomic E-state index is 9.10. The molecule has 0 amide bonds. The van der Waals surface area contributed by atoms with Crippen molar-refractivity contribution in [2.45, 2.75) is 0 Å². The van der Waals surface area contributed by atoms with E-state index < -0.39 is 11.9 Å². The second-order valence-electron chi connectivity index (χ2n) is 0.610. The van der Waals surface area contributed by atoms with Gasteiger partial charge in [0.2, 0.25) is 0 Å². The van der Waals surface area contributed by atoms with Gasteiger partial charge in [0, 0.05) is 11.0 Å². The Hall–Kier alpha value is -0.843. The molecule has 0 spiro atoms. The number of hydrogen-bond acceptors (Lipinski definition) is 2. The van der Waals surface area contributed by atoms with Crippen molar-refractivity contribution in [3.05, 3.63) is 0 Å². The lowest BCUT2D eigenvalue weighted by Crippen LogP contribution is -2.09. The third-order valence-electron chi connectivity index (χ3n) is 0.183. The summed E-state index contributed by atoms with van der Waals surface area (Å²) in [4.78, 5) is 18.2. The van der Waals surface area contributed by atoms with Crippen LogP contribution in [0.2, 0.25) is 0 Å². The van der Waals surface area contributed by atoms with Gasteiger partial charge >= 0.3 is 11.9 Å². The maximum Gasteiger partial charge on any atom is 0.414 e. The van der Waals surface area contributed by atoms with Crippen molar-refractivity contribution in [2.24, 2.45) is 0 Å². The van der Waals surface area contributed by atoms with Crippen molar-refractivity contribution in [1.82, 2.24) is 0 Å². The number of hydrogen-bond donors (Lipinski definition) is 2. The largest absolute Gasteiger partial charge is 0.473 e. The van der Waals surface area contributed by atoms with Gasteiger partial charge in [-0.2, -0.15) is 0 Å². The Bertz CT molecular complexity index is 75.7. The van der Waals surface area contributed by atoms with Gasteiger partial charge in [0.1, 0.15) is 0 Å². The van der Waals surface area contributed by atoms with Crippen molar-refractivity contribution < 1.29 is 19.8 Å². The molecule has 7 heavy (non-hydrogen) atoms. The third-order valence-corrected chi connectivity index (χ3v) is 0.183. The van der Waals surface area contributed by atoms with Crippen molar-refractivity contribution in [2.75, 3.05) is 0 Å². The summed E-state index contributed by atoms with van der Waals surface area (Å²) in [5.74, 6) is -3.65. The van der Waals surface area contributed by atoms with Crippen LogP contribution in [0.1, 0.15) is 0 Å². The fraction of sp³-hybridized carbons (Fsp3) is 0. The van der Waals surface area contributed by atoms with Crippen LogP contribution >= 0.6 is 0 Å².